The zero-order chi connectivity index (χ0) is 12.3. The molecule has 0 saturated carbocycles. The van der Waals surface area contributed by atoms with E-state index in [0.29, 0.717) is 10.8 Å². The first-order valence-corrected chi connectivity index (χ1v) is 5.81. The lowest BCUT2D eigenvalue weighted by Crippen LogP contribution is -2.23. The van der Waals surface area contributed by atoms with E-state index in [-0.39, 0.29) is 12.0 Å². The second kappa shape index (κ2) is 5.07. The summed E-state index contributed by atoms with van der Waals surface area (Å²) >= 11 is 6.17. The first kappa shape index (κ1) is 13.3. The van der Waals surface area contributed by atoms with E-state index in [9.17, 15) is 5.11 Å². The van der Waals surface area contributed by atoms with E-state index in [1.165, 1.54) is 0 Å². The lowest BCUT2D eigenvalue weighted by Gasteiger charge is -2.26. The highest BCUT2D eigenvalue weighted by atomic mass is 35.5. The first-order valence-electron chi connectivity index (χ1n) is 5.44. The molecule has 2 nitrogen and oxygen atoms in total. The van der Waals surface area contributed by atoms with E-state index < -0.39 is 0 Å². The zero-order valence-electron chi connectivity index (χ0n) is 10.3. The van der Waals surface area contributed by atoms with Crippen LogP contribution in [0.25, 0.3) is 0 Å². The third-order valence-electron chi connectivity index (χ3n) is 2.84. The normalized spacial score (nSPS) is 11.6. The Labute approximate surface area is 102 Å². The van der Waals surface area contributed by atoms with Gasteiger partial charge in [-0.25, -0.2) is 0 Å². The predicted octanol–water partition coefficient (Wildman–Crippen LogP) is 3.18. The molecular formula is C13H19ClO2. The van der Waals surface area contributed by atoms with Crippen molar-refractivity contribution in [2.75, 3.05) is 13.7 Å². The number of aliphatic hydroxyl groups excluding tert-OH is 1. The molecule has 0 aliphatic heterocycles. The van der Waals surface area contributed by atoms with Gasteiger partial charge in [0.2, 0.25) is 0 Å². The quantitative estimate of drug-likeness (QED) is 0.879. The fourth-order valence-electron chi connectivity index (χ4n) is 1.65. The van der Waals surface area contributed by atoms with Crippen LogP contribution in [-0.4, -0.2) is 18.8 Å². The summed E-state index contributed by atoms with van der Waals surface area (Å²) in [7, 11) is 1.60. The van der Waals surface area contributed by atoms with Crippen molar-refractivity contribution in [1.82, 2.24) is 0 Å². The summed E-state index contributed by atoms with van der Waals surface area (Å²) in [5.41, 5.74) is 1.77. The number of ether oxygens (including phenoxy) is 1. The van der Waals surface area contributed by atoms with Gasteiger partial charge in [0.1, 0.15) is 5.75 Å². The number of halogens is 1. The third kappa shape index (κ3) is 2.50. The minimum Gasteiger partial charge on any atom is -0.495 e. The number of methoxy groups -OCH3 is 1. The van der Waals surface area contributed by atoms with Gasteiger partial charge in [-0.1, -0.05) is 38.4 Å². The van der Waals surface area contributed by atoms with Gasteiger partial charge in [-0.15, -0.1) is 0 Å². The summed E-state index contributed by atoms with van der Waals surface area (Å²) in [5, 5.41) is 10.0. The number of benzene rings is 1. The standard InChI is InChI=1S/C13H19ClO2/c1-5-9-6-10(13(2,3)8-15)12(16-4)11(14)7-9/h6-7,15H,5,8H2,1-4H3. The Morgan fingerprint density at radius 1 is 1.38 bits per heavy atom. The molecule has 0 saturated heterocycles. The molecule has 0 aliphatic rings. The molecule has 0 radical (unpaired) electrons. The van der Waals surface area contributed by atoms with Crippen molar-refractivity contribution in [2.24, 2.45) is 0 Å². The Hall–Kier alpha value is -0.730. The van der Waals surface area contributed by atoms with Crippen molar-refractivity contribution in [3.05, 3.63) is 28.3 Å². The molecule has 1 aromatic rings. The Morgan fingerprint density at radius 3 is 2.44 bits per heavy atom. The molecule has 0 heterocycles. The lowest BCUT2D eigenvalue weighted by molar-refractivity contribution is 0.215. The second-order valence-electron chi connectivity index (χ2n) is 4.55. The highest BCUT2D eigenvalue weighted by molar-refractivity contribution is 6.32. The molecule has 0 amide bonds. The van der Waals surface area contributed by atoms with E-state index in [2.05, 4.69) is 13.0 Å². The van der Waals surface area contributed by atoms with Crippen LogP contribution in [0.4, 0.5) is 0 Å². The van der Waals surface area contributed by atoms with Gasteiger partial charge in [-0.05, 0) is 18.1 Å². The van der Waals surface area contributed by atoms with Gasteiger partial charge in [-0.3, -0.25) is 0 Å². The average molecular weight is 243 g/mol. The largest absolute Gasteiger partial charge is 0.495 e. The van der Waals surface area contributed by atoms with Crippen LogP contribution >= 0.6 is 11.6 Å². The van der Waals surface area contributed by atoms with Crippen LogP contribution in [-0.2, 0) is 11.8 Å². The van der Waals surface area contributed by atoms with Crippen molar-refractivity contribution in [3.8, 4) is 5.75 Å². The van der Waals surface area contributed by atoms with Crippen LogP contribution in [0.5, 0.6) is 5.75 Å². The van der Waals surface area contributed by atoms with E-state index in [1.807, 2.05) is 19.9 Å². The number of rotatable bonds is 4. The van der Waals surface area contributed by atoms with Crippen molar-refractivity contribution in [1.29, 1.82) is 0 Å². The van der Waals surface area contributed by atoms with Crippen LogP contribution in [0.15, 0.2) is 12.1 Å². The number of hydrogen-bond donors (Lipinski definition) is 1. The van der Waals surface area contributed by atoms with Crippen LogP contribution in [0.3, 0.4) is 0 Å². The molecule has 0 spiro atoms. The number of aryl methyl sites for hydroxylation is 1. The fraction of sp³-hybridized carbons (Fsp3) is 0.538. The van der Waals surface area contributed by atoms with Crippen LogP contribution < -0.4 is 4.74 Å². The molecule has 16 heavy (non-hydrogen) atoms. The molecule has 0 bridgehead atoms. The van der Waals surface area contributed by atoms with Gasteiger partial charge in [-0.2, -0.15) is 0 Å². The molecular weight excluding hydrogens is 224 g/mol. The highest BCUT2D eigenvalue weighted by Gasteiger charge is 2.25. The van der Waals surface area contributed by atoms with Crippen molar-refractivity contribution in [3.63, 3.8) is 0 Å². The summed E-state index contributed by atoms with van der Waals surface area (Å²) in [6.45, 7) is 6.09. The topological polar surface area (TPSA) is 29.5 Å². The van der Waals surface area contributed by atoms with Gasteiger partial charge >= 0.3 is 0 Å². The monoisotopic (exact) mass is 242 g/mol. The SMILES string of the molecule is CCc1cc(Cl)c(OC)c(C(C)(C)CO)c1. The highest BCUT2D eigenvalue weighted by Crippen LogP contribution is 2.37. The van der Waals surface area contributed by atoms with E-state index in [0.717, 1.165) is 17.5 Å². The Morgan fingerprint density at radius 2 is 2.00 bits per heavy atom. The van der Waals surface area contributed by atoms with Crippen LogP contribution in [0.1, 0.15) is 31.9 Å². The minimum absolute atomic E-state index is 0.0624. The van der Waals surface area contributed by atoms with Gasteiger partial charge in [0.25, 0.3) is 0 Å². The average Bonchev–Trinajstić information content (AvgIpc) is 2.27. The minimum atomic E-state index is -0.347. The Kier molecular flexibility index (Phi) is 4.22. The fourth-order valence-corrected chi connectivity index (χ4v) is 1.97. The van der Waals surface area contributed by atoms with Crippen LogP contribution in [0, 0.1) is 0 Å². The number of aliphatic hydroxyl groups is 1. The number of hydrogen-bond acceptors (Lipinski definition) is 2. The Balaban J connectivity index is 3.39. The molecule has 1 N–H and O–H groups in total. The van der Waals surface area contributed by atoms with Gasteiger partial charge in [0, 0.05) is 11.0 Å². The molecule has 0 atom stereocenters. The summed E-state index contributed by atoms with van der Waals surface area (Å²) < 4.78 is 5.32. The lowest BCUT2D eigenvalue weighted by atomic mass is 9.84. The van der Waals surface area contributed by atoms with E-state index in [1.54, 1.807) is 7.11 Å². The molecule has 1 aromatic carbocycles. The van der Waals surface area contributed by atoms with E-state index >= 15 is 0 Å². The predicted molar refractivity (Wildman–Crippen MR) is 67.5 cm³/mol. The smallest absolute Gasteiger partial charge is 0.141 e. The van der Waals surface area contributed by atoms with Gasteiger partial charge in [0.05, 0.1) is 18.7 Å². The summed E-state index contributed by atoms with van der Waals surface area (Å²) in [6, 6.07) is 3.97. The molecule has 0 aromatic heterocycles. The van der Waals surface area contributed by atoms with Gasteiger partial charge in [0.15, 0.2) is 0 Å². The maximum atomic E-state index is 9.42. The van der Waals surface area contributed by atoms with E-state index in [4.69, 9.17) is 16.3 Å². The van der Waals surface area contributed by atoms with Crippen molar-refractivity contribution >= 4 is 11.6 Å². The molecule has 0 aliphatic carbocycles. The maximum absolute atomic E-state index is 9.42. The molecule has 0 unspecified atom stereocenters. The van der Waals surface area contributed by atoms with Crippen LogP contribution in [0.2, 0.25) is 5.02 Å². The summed E-state index contributed by atoms with van der Waals surface area (Å²) in [5.74, 6) is 0.665. The molecule has 90 valence electrons. The summed E-state index contributed by atoms with van der Waals surface area (Å²) in [6.07, 6.45) is 0.915. The first-order chi connectivity index (χ1) is 7.46. The zero-order valence-corrected chi connectivity index (χ0v) is 11.1. The second-order valence-corrected chi connectivity index (χ2v) is 4.96. The summed E-state index contributed by atoms with van der Waals surface area (Å²) in [4.78, 5) is 0. The maximum Gasteiger partial charge on any atom is 0.141 e. The van der Waals surface area contributed by atoms with Crippen molar-refractivity contribution < 1.29 is 9.84 Å². The van der Waals surface area contributed by atoms with Crippen molar-refractivity contribution in [2.45, 2.75) is 32.6 Å². The molecule has 0 fully saturated rings. The van der Waals surface area contributed by atoms with Gasteiger partial charge < -0.3 is 9.84 Å². The third-order valence-corrected chi connectivity index (χ3v) is 3.12. The molecule has 1 rings (SSSR count). The Bertz CT molecular complexity index is 372. The molecule has 3 heteroatoms.